The molecule has 0 aromatic heterocycles. The van der Waals surface area contributed by atoms with Crippen LogP contribution in [0.2, 0.25) is 0 Å². The summed E-state index contributed by atoms with van der Waals surface area (Å²) in [6, 6.07) is 3.65. The van der Waals surface area contributed by atoms with Crippen molar-refractivity contribution in [3.63, 3.8) is 0 Å². The summed E-state index contributed by atoms with van der Waals surface area (Å²) in [5.74, 6) is -1.12. The Kier molecular flexibility index (Phi) is 1.95. The smallest absolute Gasteiger partial charge is 0.298 e. The maximum absolute atomic E-state index is 10.5. The zero-order valence-electron chi connectivity index (χ0n) is 5.72. The fourth-order valence-corrected chi connectivity index (χ4v) is 1.19. The minimum atomic E-state index is -4.44. The monoisotopic (exact) mass is 189 g/mol. The molecule has 0 saturated heterocycles. The van der Waals surface area contributed by atoms with Gasteiger partial charge in [0.1, 0.15) is 16.4 Å². The van der Waals surface area contributed by atoms with Crippen LogP contribution in [0.1, 0.15) is 0 Å². The summed E-state index contributed by atoms with van der Waals surface area (Å²) in [4.78, 5) is -0.680. The summed E-state index contributed by atoms with van der Waals surface area (Å²) in [5, 5.41) is 17.6. The van der Waals surface area contributed by atoms with E-state index in [1.54, 1.807) is 0 Å². The van der Waals surface area contributed by atoms with Gasteiger partial charge in [-0.1, -0.05) is 0 Å². The summed E-state index contributed by atoms with van der Waals surface area (Å²) in [6.07, 6.45) is 0. The first-order chi connectivity index (χ1) is 5.41. The van der Waals surface area contributed by atoms with Gasteiger partial charge in [-0.2, -0.15) is 8.42 Å². The van der Waals surface area contributed by atoms with Gasteiger partial charge in [0.15, 0.2) is 0 Å². The van der Waals surface area contributed by atoms with Crippen LogP contribution < -0.4 is 0 Å². The maximum Gasteiger partial charge on any atom is 0.298 e. The molecule has 0 aliphatic rings. The lowest BCUT2D eigenvalue weighted by molar-refractivity contribution is 0.430. The Morgan fingerprint density at radius 1 is 1.33 bits per heavy atom. The lowest BCUT2D eigenvalue weighted by Crippen LogP contribution is -1.97. The van der Waals surface area contributed by atoms with Crippen molar-refractivity contribution in [3.05, 3.63) is 18.2 Å². The zero-order chi connectivity index (χ0) is 9.35. The van der Waals surface area contributed by atoms with E-state index in [0.29, 0.717) is 0 Å². The van der Waals surface area contributed by atoms with E-state index in [2.05, 4.69) is 6.07 Å². The van der Waals surface area contributed by atoms with Crippen LogP contribution in [0.5, 0.6) is 11.5 Å². The van der Waals surface area contributed by atoms with Crippen LogP contribution in [0.15, 0.2) is 17.0 Å². The Bertz CT molecular complexity index is 394. The summed E-state index contributed by atoms with van der Waals surface area (Å²) in [7, 11) is -4.44. The standard InChI is InChI=1S/C6H5O5S/c7-4-1-2-6(5(8)3-4)12(9,10)11/h2-3,7-8H,(H,9,10,11). The highest BCUT2D eigenvalue weighted by atomic mass is 32.2. The third kappa shape index (κ3) is 1.66. The van der Waals surface area contributed by atoms with Gasteiger partial charge in [-0.3, -0.25) is 4.55 Å². The molecule has 1 radical (unpaired) electrons. The van der Waals surface area contributed by atoms with Crippen LogP contribution >= 0.6 is 0 Å². The molecule has 1 aromatic carbocycles. The molecule has 0 heterocycles. The third-order valence-corrected chi connectivity index (χ3v) is 2.04. The van der Waals surface area contributed by atoms with E-state index in [9.17, 15) is 8.42 Å². The molecule has 0 saturated carbocycles. The van der Waals surface area contributed by atoms with Crippen LogP contribution in [0.3, 0.4) is 0 Å². The van der Waals surface area contributed by atoms with E-state index in [0.717, 1.165) is 12.1 Å². The zero-order valence-corrected chi connectivity index (χ0v) is 6.54. The molecule has 3 N–H and O–H groups in total. The molecule has 0 bridgehead atoms. The van der Waals surface area contributed by atoms with Gasteiger partial charge in [0.05, 0.1) is 0 Å². The van der Waals surface area contributed by atoms with Crippen molar-refractivity contribution in [2.75, 3.05) is 0 Å². The van der Waals surface area contributed by atoms with Gasteiger partial charge in [-0.25, -0.2) is 0 Å². The van der Waals surface area contributed by atoms with Gasteiger partial charge in [-0.15, -0.1) is 0 Å². The first-order valence-corrected chi connectivity index (χ1v) is 4.26. The van der Waals surface area contributed by atoms with Crippen LogP contribution in [-0.2, 0) is 10.1 Å². The maximum atomic E-state index is 10.5. The molecule has 0 fully saturated rings. The highest BCUT2D eigenvalue weighted by molar-refractivity contribution is 7.86. The fourth-order valence-electron chi connectivity index (χ4n) is 0.662. The number of hydrogen-bond acceptors (Lipinski definition) is 4. The third-order valence-electron chi connectivity index (χ3n) is 1.15. The molecule has 0 unspecified atom stereocenters. The first-order valence-electron chi connectivity index (χ1n) is 2.82. The number of phenols is 2. The highest BCUT2D eigenvalue weighted by Gasteiger charge is 2.14. The van der Waals surface area contributed by atoms with Gasteiger partial charge in [0.25, 0.3) is 10.1 Å². The summed E-state index contributed by atoms with van der Waals surface area (Å²) < 4.78 is 29.4. The Balaban J connectivity index is 3.39. The molecule has 12 heavy (non-hydrogen) atoms. The Hall–Kier alpha value is -1.27. The summed E-state index contributed by atoms with van der Waals surface area (Å²) >= 11 is 0. The van der Waals surface area contributed by atoms with Crippen LogP contribution in [0.25, 0.3) is 0 Å². The molecular formula is C6H5O5S. The van der Waals surface area contributed by atoms with E-state index in [1.165, 1.54) is 0 Å². The molecule has 1 rings (SSSR count). The van der Waals surface area contributed by atoms with Crippen molar-refractivity contribution in [2.45, 2.75) is 4.90 Å². The highest BCUT2D eigenvalue weighted by Crippen LogP contribution is 2.25. The molecule has 6 heteroatoms. The molecule has 0 aliphatic carbocycles. The predicted molar refractivity (Wildman–Crippen MR) is 38.4 cm³/mol. The second kappa shape index (κ2) is 2.65. The molecule has 0 spiro atoms. The lowest BCUT2D eigenvalue weighted by atomic mass is 10.3. The van der Waals surface area contributed by atoms with Crippen LogP contribution in [-0.4, -0.2) is 23.2 Å². The largest absolute Gasteiger partial charge is 0.507 e. The van der Waals surface area contributed by atoms with E-state index >= 15 is 0 Å². The average Bonchev–Trinajstić information content (AvgIpc) is 1.83. The van der Waals surface area contributed by atoms with Crippen molar-refractivity contribution in [2.24, 2.45) is 0 Å². The average molecular weight is 189 g/mol. The van der Waals surface area contributed by atoms with Crippen molar-refractivity contribution in [1.29, 1.82) is 0 Å². The molecule has 5 nitrogen and oxygen atoms in total. The summed E-state index contributed by atoms with van der Waals surface area (Å²) in [5.41, 5.74) is 0. The van der Waals surface area contributed by atoms with E-state index in [-0.39, 0.29) is 0 Å². The van der Waals surface area contributed by atoms with Gasteiger partial charge in [0.2, 0.25) is 0 Å². The minimum absolute atomic E-state index is 0.403. The van der Waals surface area contributed by atoms with Crippen LogP contribution in [0.4, 0.5) is 0 Å². The number of phenolic OH excluding ortho intramolecular Hbond substituents is 2. The molecule has 65 valence electrons. The van der Waals surface area contributed by atoms with Crippen molar-refractivity contribution < 1.29 is 23.2 Å². The normalized spacial score (nSPS) is 11.4. The van der Waals surface area contributed by atoms with Crippen molar-refractivity contribution >= 4 is 10.1 Å². The van der Waals surface area contributed by atoms with E-state index in [1.807, 2.05) is 0 Å². The summed E-state index contributed by atoms with van der Waals surface area (Å²) in [6.45, 7) is 0. The minimum Gasteiger partial charge on any atom is -0.507 e. The first kappa shape index (κ1) is 8.82. The second-order valence-corrected chi connectivity index (χ2v) is 3.43. The number of hydrogen-bond donors (Lipinski definition) is 3. The topological polar surface area (TPSA) is 94.8 Å². The Morgan fingerprint density at radius 3 is 2.33 bits per heavy atom. The quantitative estimate of drug-likeness (QED) is 0.546. The van der Waals surface area contributed by atoms with E-state index < -0.39 is 26.5 Å². The van der Waals surface area contributed by atoms with Crippen molar-refractivity contribution in [3.8, 4) is 11.5 Å². The Morgan fingerprint density at radius 2 is 1.92 bits per heavy atom. The molecule has 0 atom stereocenters. The Labute approximate surface area is 68.6 Å². The lowest BCUT2D eigenvalue weighted by Gasteiger charge is -1.99. The predicted octanol–water partition coefficient (Wildman–Crippen LogP) is 0.145. The number of aromatic hydroxyl groups is 2. The van der Waals surface area contributed by atoms with Gasteiger partial charge in [-0.05, 0) is 6.07 Å². The molecule has 1 aromatic rings. The van der Waals surface area contributed by atoms with E-state index in [4.69, 9.17) is 14.8 Å². The van der Waals surface area contributed by atoms with Crippen LogP contribution in [0, 0.1) is 6.07 Å². The second-order valence-electron chi connectivity index (χ2n) is 2.04. The van der Waals surface area contributed by atoms with Gasteiger partial charge in [0, 0.05) is 12.1 Å². The van der Waals surface area contributed by atoms with Gasteiger partial charge >= 0.3 is 0 Å². The molecule has 0 aliphatic heterocycles. The molecular weight excluding hydrogens is 184 g/mol. The fraction of sp³-hybridized carbons (Fsp3) is 0. The number of benzene rings is 1. The number of rotatable bonds is 1. The van der Waals surface area contributed by atoms with Gasteiger partial charge < -0.3 is 10.2 Å². The molecule has 0 amide bonds. The van der Waals surface area contributed by atoms with Crippen molar-refractivity contribution in [1.82, 2.24) is 0 Å². The SMILES string of the molecule is O=S(=O)(O)c1c[c]c(O)cc1O.